The van der Waals surface area contributed by atoms with E-state index in [0.717, 1.165) is 23.1 Å². The number of carbonyl (C=O) groups excluding carboxylic acids is 1. The number of hydrogen-bond acceptors (Lipinski definition) is 2. The third-order valence-electron chi connectivity index (χ3n) is 3.62. The number of hydrogen-bond donors (Lipinski definition) is 1. The fourth-order valence-electron chi connectivity index (χ4n) is 2.48. The van der Waals surface area contributed by atoms with Crippen LogP contribution < -0.4 is 5.32 Å². The first-order valence-corrected chi connectivity index (χ1v) is 7.51. The second kappa shape index (κ2) is 6.02. The van der Waals surface area contributed by atoms with E-state index in [9.17, 15) is 4.79 Å². The maximum absolute atomic E-state index is 12.0. The highest BCUT2D eigenvalue weighted by Crippen LogP contribution is 2.20. The van der Waals surface area contributed by atoms with Crippen molar-refractivity contribution < 1.29 is 4.79 Å². The minimum Gasteiger partial charge on any atom is -0.352 e. The van der Waals surface area contributed by atoms with Crippen LogP contribution in [0.4, 0.5) is 0 Å². The lowest BCUT2D eigenvalue weighted by Gasteiger charge is -2.06. The molecule has 0 aliphatic carbocycles. The summed E-state index contributed by atoms with van der Waals surface area (Å²) in [6.07, 6.45) is 2.73. The first-order chi connectivity index (χ1) is 10.7. The molecule has 0 aliphatic heterocycles. The molecule has 0 unspecified atom stereocenters. The van der Waals surface area contributed by atoms with E-state index in [1.807, 2.05) is 35.8 Å². The lowest BCUT2D eigenvalue weighted by Crippen LogP contribution is -2.23. The second-order valence-corrected chi connectivity index (χ2v) is 5.41. The van der Waals surface area contributed by atoms with Gasteiger partial charge in [-0.15, -0.1) is 0 Å². The average Bonchev–Trinajstić information content (AvgIpc) is 2.95. The summed E-state index contributed by atoms with van der Waals surface area (Å²) in [5.41, 5.74) is 4.75. The molecular formula is C18H19N3O. The van der Waals surface area contributed by atoms with Gasteiger partial charge in [0, 0.05) is 17.8 Å². The van der Waals surface area contributed by atoms with Crippen LogP contribution in [0.5, 0.6) is 0 Å². The molecule has 4 heteroatoms. The number of benzene rings is 2. The van der Waals surface area contributed by atoms with Gasteiger partial charge in [0.15, 0.2) is 0 Å². The van der Waals surface area contributed by atoms with Gasteiger partial charge in [0.05, 0.1) is 11.0 Å². The van der Waals surface area contributed by atoms with Crippen molar-refractivity contribution in [1.29, 1.82) is 0 Å². The fraction of sp³-hybridized carbons (Fsp3) is 0.222. The van der Waals surface area contributed by atoms with E-state index in [4.69, 9.17) is 0 Å². The third kappa shape index (κ3) is 2.72. The summed E-state index contributed by atoms with van der Waals surface area (Å²) < 4.78 is 2.04. The van der Waals surface area contributed by atoms with Crippen molar-refractivity contribution in [2.75, 3.05) is 6.54 Å². The van der Waals surface area contributed by atoms with E-state index in [1.165, 1.54) is 5.56 Å². The van der Waals surface area contributed by atoms with Gasteiger partial charge in [-0.05, 0) is 49.2 Å². The SMILES string of the molecule is CCCNC(=O)c1ccc2c(c1)ncn2-c1cccc(C)c1. The Morgan fingerprint density at radius 1 is 1.23 bits per heavy atom. The van der Waals surface area contributed by atoms with Crippen molar-refractivity contribution in [3.8, 4) is 5.69 Å². The zero-order valence-electron chi connectivity index (χ0n) is 12.8. The summed E-state index contributed by atoms with van der Waals surface area (Å²) in [7, 11) is 0. The van der Waals surface area contributed by atoms with Crippen LogP contribution in [0, 0.1) is 6.92 Å². The quantitative estimate of drug-likeness (QED) is 0.800. The number of aromatic nitrogens is 2. The van der Waals surface area contributed by atoms with Crippen molar-refractivity contribution in [3.05, 3.63) is 59.9 Å². The van der Waals surface area contributed by atoms with Crippen LogP contribution in [0.1, 0.15) is 29.3 Å². The Kier molecular flexibility index (Phi) is 3.92. The second-order valence-electron chi connectivity index (χ2n) is 5.41. The first kappa shape index (κ1) is 14.3. The van der Waals surface area contributed by atoms with Crippen LogP contribution in [-0.2, 0) is 0 Å². The van der Waals surface area contributed by atoms with Gasteiger partial charge in [-0.25, -0.2) is 4.98 Å². The molecule has 1 aromatic heterocycles. The highest BCUT2D eigenvalue weighted by Gasteiger charge is 2.09. The molecule has 4 nitrogen and oxygen atoms in total. The van der Waals surface area contributed by atoms with Gasteiger partial charge in [0.25, 0.3) is 5.91 Å². The van der Waals surface area contributed by atoms with Gasteiger partial charge in [0.1, 0.15) is 6.33 Å². The van der Waals surface area contributed by atoms with Gasteiger partial charge >= 0.3 is 0 Å². The molecular weight excluding hydrogens is 274 g/mol. The summed E-state index contributed by atoms with van der Waals surface area (Å²) >= 11 is 0. The normalized spacial score (nSPS) is 10.8. The summed E-state index contributed by atoms with van der Waals surface area (Å²) in [6.45, 7) is 4.79. The molecule has 0 bridgehead atoms. The number of carbonyl (C=O) groups is 1. The van der Waals surface area contributed by atoms with Crippen molar-refractivity contribution in [2.45, 2.75) is 20.3 Å². The standard InChI is InChI=1S/C18H19N3O/c1-3-9-19-18(22)14-7-8-17-16(11-14)20-12-21(17)15-6-4-5-13(2)10-15/h4-8,10-12H,3,9H2,1-2H3,(H,19,22). The average molecular weight is 293 g/mol. The number of imidazole rings is 1. The Morgan fingerprint density at radius 3 is 2.86 bits per heavy atom. The summed E-state index contributed by atoms with van der Waals surface area (Å²) in [6, 6.07) is 13.9. The minimum absolute atomic E-state index is 0.0474. The number of rotatable bonds is 4. The van der Waals surface area contributed by atoms with Crippen LogP contribution >= 0.6 is 0 Å². The van der Waals surface area contributed by atoms with Crippen molar-refractivity contribution >= 4 is 16.9 Å². The zero-order valence-corrected chi connectivity index (χ0v) is 12.8. The first-order valence-electron chi connectivity index (χ1n) is 7.51. The van der Waals surface area contributed by atoms with Crippen LogP contribution in [-0.4, -0.2) is 22.0 Å². The molecule has 0 aliphatic rings. The predicted molar refractivity (Wildman–Crippen MR) is 88.4 cm³/mol. The lowest BCUT2D eigenvalue weighted by atomic mass is 10.1. The highest BCUT2D eigenvalue weighted by molar-refractivity contribution is 5.97. The summed E-state index contributed by atoms with van der Waals surface area (Å²) in [5.74, 6) is -0.0474. The van der Waals surface area contributed by atoms with E-state index in [-0.39, 0.29) is 5.91 Å². The van der Waals surface area contributed by atoms with Crippen molar-refractivity contribution in [2.24, 2.45) is 0 Å². The van der Waals surface area contributed by atoms with Crippen LogP contribution in [0.2, 0.25) is 0 Å². The number of nitrogens with one attached hydrogen (secondary N) is 1. The van der Waals surface area contributed by atoms with Gasteiger partial charge < -0.3 is 5.32 Å². The molecule has 0 atom stereocenters. The Hall–Kier alpha value is -2.62. The summed E-state index contributed by atoms with van der Waals surface area (Å²) in [5, 5.41) is 2.89. The number of fused-ring (bicyclic) bond motifs is 1. The number of nitrogens with zero attached hydrogens (tertiary/aromatic N) is 2. The largest absolute Gasteiger partial charge is 0.352 e. The third-order valence-corrected chi connectivity index (χ3v) is 3.62. The van der Waals surface area contributed by atoms with Gasteiger partial charge in [-0.1, -0.05) is 19.1 Å². The van der Waals surface area contributed by atoms with E-state index in [0.29, 0.717) is 12.1 Å². The van der Waals surface area contributed by atoms with Crippen molar-refractivity contribution in [3.63, 3.8) is 0 Å². The Bertz CT molecular complexity index is 820. The molecule has 0 spiro atoms. The maximum atomic E-state index is 12.0. The van der Waals surface area contributed by atoms with Crippen LogP contribution in [0.25, 0.3) is 16.7 Å². The Balaban J connectivity index is 1.98. The molecule has 1 N–H and O–H groups in total. The Labute approximate surface area is 129 Å². The molecule has 0 saturated carbocycles. The molecule has 1 heterocycles. The molecule has 1 amide bonds. The van der Waals surface area contributed by atoms with Gasteiger partial charge in [-0.2, -0.15) is 0 Å². The van der Waals surface area contributed by atoms with E-state index >= 15 is 0 Å². The van der Waals surface area contributed by atoms with E-state index in [2.05, 4.69) is 35.4 Å². The molecule has 0 radical (unpaired) electrons. The number of amides is 1. The molecule has 0 saturated heterocycles. The zero-order chi connectivity index (χ0) is 15.5. The molecule has 3 rings (SSSR count). The fourth-order valence-corrected chi connectivity index (χ4v) is 2.48. The monoisotopic (exact) mass is 293 g/mol. The Morgan fingerprint density at radius 2 is 2.09 bits per heavy atom. The molecule has 3 aromatic rings. The van der Waals surface area contributed by atoms with Gasteiger partial charge in [-0.3, -0.25) is 9.36 Å². The lowest BCUT2D eigenvalue weighted by molar-refractivity contribution is 0.0954. The molecule has 112 valence electrons. The molecule has 2 aromatic carbocycles. The van der Waals surface area contributed by atoms with Gasteiger partial charge in [0.2, 0.25) is 0 Å². The molecule has 22 heavy (non-hydrogen) atoms. The maximum Gasteiger partial charge on any atom is 0.251 e. The van der Waals surface area contributed by atoms with Crippen LogP contribution in [0.3, 0.4) is 0 Å². The topological polar surface area (TPSA) is 46.9 Å². The van der Waals surface area contributed by atoms with Crippen LogP contribution in [0.15, 0.2) is 48.8 Å². The predicted octanol–water partition coefficient (Wildman–Crippen LogP) is 3.47. The smallest absolute Gasteiger partial charge is 0.251 e. The number of aryl methyl sites for hydroxylation is 1. The molecule has 0 fully saturated rings. The summed E-state index contributed by atoms with van der Waals surface area (Å²) in [4.78, 5) is 16.5. The van der Waals surface area contributed by atoms with E-state index < -0.39 is 0 Å². The highest BCUT2D eigenvalue weighted by atomic mass is 16.1. The van der Waals surface area contributed by atoms with Crippen molar-refractivity contribution in [1.82, 2.24) is 14.9 Å². The van der Waals surface area contributed by atoms with E-state index in [1.54, 1.807) is 6.33 Å². The minimum atomic E-state index is -0.0474.